The summed E-state index contributed by atoms with van der Waals surface area (Å²) in [5, 5.41) is 0. The molecule has 0 aliphatic carbocycles. The van der Waals surface area contributed by atoms with Crippen molar-refractivity contribution in [2.75, 3.05) is 25.4 Å². The minimum absolute atomic E-state index is 0.0529. The third-order valence-electron chi connectivity index (χ3n) is 4.05. The maximum absolute atomic E-state index is 12.4. The lowest BCUT2D eigenvalue weighted by Crippen LogP contribution is -2.43. The van der Waals surface area contributed by atoms with Crippen molar-refractivity contribution in [2.45, 2.75) is 25.7 Å². The fraction of sp³-hybridized carbons (Fsp3) is 0.643. The van der Waals surface area contributed by atoms with Crippen LogP contribution in [-0.2, 0) is 14.1 Å². The zero-order valence-corrected chi connectivity index (χ0v) is 12.6. The third-order valence-corrected chi connectivity index (χ3v) is 4.05. The largest absolute Gasteiger partial charge is 0.384 e. The average molecular weight is 294 g/mol. The fourth-order valence-electron chi connectivity index (χ4n) is 2.70. The standard InChI is InChI=1S/C14H22N4O3/c1-16-12(15)11(13(20)17(2)14(16)21)10(19)9-18-7-5-3-4-6-8-18/h3-9,15H2,1-2H3. The van der Waals surface area contributed by atoms with Gasteiger partial charge in [-0.1, -0.05) is 12.8 Å². The monoisotopic (exact) mass is 294 g/mol. The number of aromatic nitrogens is 2. The highest BCUT2D eigenvalue weighted by Gasteiger charge is 2.22. The van der Waals surface area contributed by atoms with Gasteiger partial charge in [0.05, 0.1) is 6.54 Å². The van der Waals surface area contributed by atoms with Crippen molar-refractivity contribution in [3.63, 3.8) is 0 Å². The molecule has 7 nitrogen and oxygen atoms in total. The summed E-state index contributed by atoms with van der Waals surface area (Å²) in [6, 6.07) is 0. The number of rotatable bonds is 3. The van der Waals surface area contributed by atoms with Crippen molar-refractivity contribution >= 4 is 11.6 Å². The molecule has 1 aliphatic rings. The van der Waals surface area contributed by atoms with E-state index in [4.69, 9.17) is 5.73 Å². The quantitative estimate of drug-likeness (QED) is 0.775. The predicted octanol–water partition coefficient (Wildman–Crippen LogP) is -0.275. The summed E-state index contributed by atoms with van der Waals surface area (Å²) in [6.45, 7) is 1.90. The van der Waals surface area contributed by atoms with E-state index < -0.39 is 11.2 Å². The lowest BCUT2D eigenvalue weighted by atomic mass is 10.1. The molecule has 2 heterocycles. The lowest BCUT2D eigenvalue weighted by Gasteiger charge is -2.19. The molecule has 2 rings (SSSR count). The van der Waals surface area contributed by atoms with E-state index in [1.807, 2.05) is 0 Å². The van der Waals surface area contributed by atoms with Gasteiger partial charge in [-0.3, -0.25) is 23.6 Å². The molecule has 0 atom stereocenters. The molecule has 0 saturated carbocycles. The molecular formula is C14H22N4O3. The Morgan fingerprint density at radius 2 is 1.62 bits per heavy atom. The number of likely N-dealkylation sites (tertiary alicyclic amines) is 1. The van der Waals surface area contributed by atoms with Gasteiger partial charge in [0.25, 0.3) is 5.56 Å². The summed E-state index contributed by atoms with van der Waals surface area (Å²) in [5.74, 6) is -0.367. The molecule has 7 heteroatoms. The molecule has 0 amide bonds. The zero-order chi connectivity index (χ0) is 15.6. The minimum Gasteiger partial charge on any atom is -0.384 e. The normalized spacial score (nSPS) is 16.7. The summed E-state index contributed by atoms with van der Waals surface area (Å²) in [6.07, 6.45) is 4.48. The molecule has 0 unspecified atom stereocenters. The number of carbonyl (C=O) groups excluding carboxylic acids is 1. The molecule has 1 fully saturated rings. The van der Waals surface area contributed by atoms with Crippen molar-refractivity contribution in [3.05, 3.63) is 26.4 Å². The fourth-order valence-corrected chi connectivity index (χ4v) is 2.70. The number of carbonyl (C=O) groups is 1. The SMILES string of the molecule is Cn1c(N)c(C(=O)CN2CCCCCC2)c(=O)n(C)c1=O. The number of ketones is 1. The van der Waals surface area contributed by atoms with Crippen LogP contribution in [0.1, 0.15) is 36.0 Å². The average Bonchev–Trinajstić information content (AvgIpc) is 2.72. The molecule has 21 heavy (non-hydrogen) atoms. The van der Waals surface area contributed by atoms with Crippen LogP contribution in [0.25, 0.3) is 0 Å². The first-order valence-corrected chi connectivity index (χ1v) is 7.24. The molecule has 0 radical (unpaired) electrons. The molecule has 1 saturated heterocycles. The molecular weight excluding hydrogens is 272 g/mol. The van der Waals surface area contributed by atoms with Crippen LogP contribution in [-0.4, -0.2) is 39.5 Å². The van der Waals surface area contributed by atoms with Crippen molar-refractivity contribution in [2.24, 2.45) is 14.1 Å². The Hall–Kier alpha value is -1.89. The second kappa shape index (κ2) is 6.26. The first kappa shape index (κ1) is 15.5. The highest BCUT2D eigenvalue weighted by molar-refractivity contribution is 6.01. The van der Waals surface area contributed by atoms with E-state index in [-0.39, 0.29) is 23.7 Å². The Balaban J connectivity index is 2.31. The maximum Gasteiger partial charge on any atom is 0.332 e. The van der Waals surface area contributed by atoms with Gasteiger partial charge in [0.1, 0.15) is 11.4 Å². The van der Waals surface area contributed by atoms with Crippen molar-refractivity contribution < 1.29 is 4.79 Å². The second-order valence-corrected chi connectivity index (χ2v) is 5.58. The summed E-state index contributed by atoms with van der Waals surface area (Å²) < 4.78 is 2.06. The second-order valence-electron chi connectivity index (χ2n) is 5.58. The summed E-state index contributed by atoms with van der Waals surface area (Å²) in [5.41, 5.74) is 4.58. The first-order valence-electron chi connectivity index (χ1n) is 7.24. The summed E-state index contributed by atoms with van der Waals surface area (Å²) in [7, 11) is 2.81. The van der Waals surface area contributed by atoms with Crippen molar-refractivity contribution in [1.29, 1.82) is 0 Å². The van der Waals surface area contributed by atoms with E-state index in [9.17, 15) is 14.4 Å². The Labute approximate surface area is 123 Å². The molecule has 2 N–H and O–H groups in total. The van der Waals surface area contributed by atoms with Crippen molar-refractivity contribution in [1.82, 2.24) is 14.0 Å². The van der Waals surface area contributed by atoms with Crippen LogP contribution in [0.2, 0.25) is 0 Å². The number of nitrogen functional groups attached to an aromatic ring is 1. The van der Waals surface area contributed by atoms with Crippen LogP contribution < -0.4 is 17.0 Å². The third kappa shape index (κ3) is 3.07. The summed E-state index contributed by atoms with van der Waals surface area (Å²) >= 11 is 0. The van der Waals surface area contributed by atoms with Gasteiger partial charge in [0.15, 0.2) is 5.78 Å². The number of nitrogens with two attached hydrogens (primary N) is 1. The number of hydrogen-bond acceptors (Lipinski definition) is 5. The Morgan fingerprint density at radius 1 is 1.05 bits per heavy atom. The Morgan fingerprint density at radius 3 is 2.19 bits per heavy atom. The Bertz CT molecular complexity index is 651. The molecule has 0 spiro atoms. The maximum atomic E-state index is 12.4. The molecule has 1 aliphatic heterocycles. The van der Waals surface area contributed by atoms with Gasteiger partial charge >= 0.3 is 5.69 Å². The zero-order valence-electron chi connectivity index (χ0n) is 12.6. The molecule has 0 bridgehead atoms. The van der Waals surface area contributed by atoms with E-state index in [0.29, 0.717) is 0 Å². The van der Waals surface area contributed by atoms with Crippen molar-refractivity contribution in [3.8, 4) is 0 Å². The van der Waals surface area contributed by atoms with Gasteiger partial charge in [-0.25, -0.2) is 4.79 Å². The lowest BCUT2D eigenvalue weighted by molar-refractivity contribution is 0.0931. The number of Topliss-reactive ketones (excluding diaryl/α,β-unsaturated/α-hetero) is 1. The van der Waals surface area contributed by atoms with Gasteiger partial charge in [0, 0.05) is 14.1 Å². The smallest absolute Gasteiger partial charge is 0.332 e. The first-order chi connectivity index (χ1) is 9.93. The summed E-state index contributed by atoms with van der Waals surface area (Å²) in [4.78, 5) is 38.4. The van der Waals surface area contributed by atoms with Crippen LogP contribution >= 0.6 is 0 Å². The van der Waals surface area contributed by atoms with E-state index >= 15 is 0 Å². The van der Waals surface area contributed by atoms with Crippen LogP contribution in [0.3, 0.4) is 0 Å². The van der Waals surface area contributed by atoms with E-state index in [1.54, 1.807) is 0 Å². The highest BCUT2D eigenvalue weighted by Crippen LogP contribution is 2.11. The molecule has 0 aromatic carbocycles. The highest BCUT2D eigenvalue weighted by atomic mass is 16.2. The number of anilines is 1. The van der Waals surface area contributed by atoms with Crippen LogP contribution in [0.15, 0.2) is 9.59 Å². The van der Waals surface area contributed by atoms with E-state index in [1.165, 1.54) is 26.9 Å². The van der Waals surface area contributed by atoms with Gasteiger partial charge in [-0.05, 0) is 25.9 Å². The van der Waals surface area contributed by atoms with Crippen LogP contribution in [0.5, 0.6) is 0 Å². The van der Waals surface area contributed by atoms with Gasteiger partial charge in [-0.2, -0.15) is 0 Å². The molecule has 1 aromatic rings. The predicted molar refractivity (Wildman–Crippen MR) is 80.6 cm³/mol. The van der Waals surface area contributed by atoms with Gasteiger partial charge in [-0.15, -0.1) is 0 Å². The van der Waals surface area contributed by atoms with Crippen LogP contribution in [0.4, 0.5) is 5.82 Å². The molecule has 116 valence electrons. The van der Waals surface area contributed by atoms with Gasteiger partial charge in [0.2, 0.25) is 0 Å². The van der Waals surface area contributed by atoms with Gasteiger partial charge < -0.3 is 5.73 Å². The van der Waals surface area contributed by atoms with E-state index in [2.05, 4.69) is 4.90 Å². The number of hydrogen-bond donors (Lipinski definition) is 1. The minimum atomic E-state index is -0.615. The van der Waals surface area contributed by atoms with Crippen LogP contribution in [0, 0.1) is 0 Å². The topological polar surface area (TPSA) is 90.3 Å². The Kier molecular flexibility index (Phi) is 4.62. The molecule has 1 aromatic heterocycles. The van der Waals surface area contributed by atoms with E-state index in [0.717, 1.165) is 35.1 Å². The number of nitrogens with zero attached hydrogens (tertiary/aromatic N) is 3.